The monoisotopic (exact) mass is 506 g/mol. The molecule has 1 aromatic carbocycles. The van der Waals surface area contributed by atoms with Gasteiger partial charge in [0.05, 0.1) is 29.4 Å². The van der Waals surface area contributed by atoms with Crippen molar-refractivity contribution in [2.45, 2.75) is 64.7 Å². The number of likely N-dealkylation sites (N-methyl/N-ethyl adjacent to an activating group) is 1. The van der Waals surface area contributed by atoms with Crippen molar-refractivity contribution < 1.29 is 27.6 Å². The van der Waals surface area contributed by atoms with E-state index in [1.54, 1.807) is 11.8 Å². The predicted molar refractivity (Wildman–Crippen MR) is 128 cm³/mol. The number of nitrogens with zero attached hydrogens (tertiary/aromatic N) is 3. The van der Waals surface area contributed by atoms with Crippen LogP contribution in [0.15, 0.2) is 35.5 Å². The van der Waals surface area contributed by atoms with E-state index in [1.165, 1.54) is 28.0 Å². The topological polar surface area (TPSA) is 73.0 Å². The lowest BCUT2D eigenvalue weighted by molar-refractivity contribution is -0.144. The molecule has 1 fully saturated rings. The zero-order valence-electron chi connectivity index (χ0n) is 20.9. The molecule has 36 heavy (non-hydrogen) atoms. The first-order valence-corrected chi connectivity index (χ1v) is 12.6. The number of nitrogens with one attached hydrogen (secondary N) is 1. The summed E-state index contributed by atoms with van der Waals surface area (Å²) in [7, 11) is 0. The average Bonchev–Trinajstić information content (AvgIpc) is 3.18. The Morgan fingerprint density at radius 2 is 1.78 bits per heavy atom. The minimum Gasteiger partial charge on any atom is -0.341 e. The summed E-state index contributed by atoms with van der Waals surface area (Å²) >= 11 is 0. The van der Waals surface area contributed by atoms with Crippen molar-refractivity contribution in [2.75, 3.05) is 26.2 Å². The number of hydrogen-bond donors (Lipinski definition) is 1. The molecule has 1 aromatic rings. The number of benzene rings is 1. The van der Waals surface area contributed by atoms with Crippen molar-refractivity contribution in [2.24, 2.45) is 5.92 Å². The minimum atomic E-state index is -4.66. The van der Waals surface area contributed by atoms with Crippen LogP contribution in [0, 0.1) is 5.92 Å². The molecule has 2 atom stereocenters. The average molecular weight is 507 g/mol. The first-order chi connectivity index (χ1) is 17.0. The van der Waals surface area contributed by atoms with E-state index in [9.17, 15) is 27.6 Å². The summed E-state index contributed by atoms with van der Waals surface area (Å²) in [5.41, 5.74) is -0.609. The van der Waals surface area contributed by atoms with Crippen LogP contribution in [0.3, 0.4) is 0 Å². The maximum Gasteiger partial charge on any atom is 0.416 e. The summed E-state index contributed by atoms with van der Waals surface area (Å²) in [5.74, 6) is -0.523. The minimum absolute atomic E-state index is 0.0110. The van der Waals surface area contributed by atoms with Crippen LogP contribution >= 0.6 is 0 Å². The van der Waals surface area contributed by atoms with E-state index in [0.29, 0.717) is 25.2 Å². The molecule has 0 radical (unpaired) electrons. The molecule has 0 spiro atoms. The molecule has 4 rings (SSSR count). The number of urea groups is 1. The molecule has 0 bridgehead atoms. The van der Waals surface area contributed by atoms with Crippen molar-refractivity contribution >= 4 is 17.8 Å². The fourth-order valence-electron chi connectivity index (χ4n) is 5.47. The molecular formula is C26H33F3N4O3. The van der Waals surface area contributed by atoms with Crippen LogP contribution in [0.4, 0.5) is 18.0 Å². The molecule has 10 heteroatoms. The van der Waals surface area contributed by atoms with Crippen molar-refractivity contribution in [3.8, 4) is 0 Å². The number of carbonyl (C=O) groups is 3. The van der Waals surface area contributed by atoms with Crippen LogP contribution in [-0.2, 0) is 15.8 Å². The van der Waals surface area contributed by atoms with E-state index < -0.39 is 35.8 Å². The van der Waals surface area contributed by atoms with Gasteiger partial charge in [-0.3, -0.25) is 14.5 Å². The summed E-state index contributed by atoms with van der Waals surface area (Å²) in [6, 6.07) is 2.43. The Balaban J connectivity index is 1.75. The fourth-order valence-corrected chi connectivity index (χ4v) is 5.47. The summed E-state index contributed by atoms with van der Waals surface area (Å²) < 4.78 is 41.6. The lowest BCUT2D eigenvalue weighted by Gasteiger charge is -2.35. The second kappa shape index (κ2) is 10.1. The molecule has 1 saturated heterocycles. The largest absolute Gasteiger partial charge is 0.416 e. The van der Waals surface area contributed by atoms with Gasteiger partial charge in [-0.2, -0.15) is 13.2 Å². The Hall–Kier alpha value is -3.04. The molecule has 3 aliphatic rings. The van der Waals surface area contributed by atoms with E-state index in [4.69, 9.17) is 0 Å². The standard InChI is InChI=1S/C26H33F3N4O3/c1-4-32-20-15-33(19(14-16(2)3)23(34)31-12-8-5-9-13-31)24(35)21(20)22(30-25(32)36)17-10-6-7-11-18(17)26(27,28)29/h6-7,10-11,16,19,22H,4-5,8-9,12-15H2,1-3H3,(H,30,36). The van der Waals surface area contributed by atoms with Gasteiger partial charge in [-0.1, -0.05) is 32.0 Å². The van der Waals surface area contributed by atoms with Crippen LogP contribution in [0.1, 0.15) is 63.6 Å². The normalized spacial score (nSPS) is 21.8. The third kappa shape index (κ3) is 4.82. The second-order valence-corrected chi connectivity index (χ2v) is 10.0. The smallest absolute Gasteiger partial charge is 0.341 e. The van der Waals surface area contributed by atoms with Gasteiger partial charge in [0.15, 0.2) is 0 Å². The number of carbonyl (C=O) groups excluding carboxylic acids is 3. The summed E-state index contributed by atoms with van der Waals surface area (Å²) in [6.45, 7) is 7.19. The molecule has 2 unspecified atom stereocenters. The lowest BCUT2D eigenvalue weighted by atomic mass is 9.91. The SMILES string of the molecule is CCN1C(=O)NC(c2ccccc2C(F)(F)F)C2=C1CN(C(CC(C)C)C(=O)N1CCCCC1)C2=O. The Bertz CT molecular complexity index is 1060. The van der Waals surface area contributed by atoms with Crippen LogP contribution in [0.2, 0.25) is 0 Å². The molecule has 196 valence electrons. The number of hydrogen-bond acceptors (Lipinski definition) is 3. The summed E-state index contributed by atoms with van der Waals surface area (Å²) in [4.78, 5) is 45.1. The molecule has 0 aromatic heterocycles. The summed E-state index contributed by atoms with van der Waals surface area (Å²) in [5, 5.41) is 2.63. The highest BCUT2D eigenvalue weighted by atomic mass is 19.4. The number of amides is 4. The van der Waals surface area contributed by atoms with E-state index in [2.05, 4.69) is 5.32 Å². The number of rotatable bonds is 6. The van der Waals surface area contributed by atoms with E-state index in [-0.39, 0.29) is 36.1 Å². The van der Waals surface area contributed by atoms with Gasteiger partial charge in [-0.05, 0) is 50.2 Å². The van der Waals surface area contributed by atoms with Gasteiger partial charge >= 0.3 is 12.2 Å². The number of alkyl halides is 3. The van der Waals surface area contributed by atoms with Crippen molar-refractivity contribution in [3.63, 3.8) is 0 Å². The Labute approximate surface area is 209 Å². The molecule has 3 aliphatic heterocycles. The van der Waals surface area contributed by atoms with E-state index in [1.807, 2.05) is 13.8 Å². The molecular weight excluding hydrogens is 473 g/mol. The molecule has 0 aliphatic carbocycles. The number of piperidine rings is 1. The number of halogens is 3. The molecule has 3 heterocycles. The molecule has 1 N–H and O–H groups in total. The number of likely N-dealkylation sites (tertiary alicyclic amines) is 1. The lowest BCUT2D eigenvalue weighted by Crippen LogP contribution is -2.51. The van der Waals surface area contributed by atoms with E-state index >= 15 is 0 Å². The van der Waals surface area contributed by atoms with Crippen LogP contribution < -0.4 is 5.32 Å². The maximum absolute atomic E-state index is 13.9. The van der Waals surface area contributed by atoms with Gasteiger partial charge in [0.1, 0.15) is 6.04 Å². The summed E-state index contributed by atoms with van der Waals surface area (Å²) in [6.07, 6.45) is -1.37. The predicted octanol–water partition coefficient (Wildman–Crippen LogP) is 4.32. The van der Waals surface area contributed by atoms with Crippen LogP contribution in [0.25, 0.3) is 0 Å². The van der Waals surface area contributed by atoms with Crippen molar-refractivity contribution in [1.29, 1.82) is 0 Å². The highest BCUT2D eigenvalue weighted by Gasteiger charge is 2.49. The van der Waals surface area contributed by atoms with Gasteiger partial charge in [-0.25, -0.2) is 4.79 Å². The highest BCUT2D eigenvalue weighted by molar-refractivity contribution is 6.03. The highest BCUT2D eigenvalue weighted by Crippen LogP contribution is 2.42. The second-order valence-electron chi connectivity index (χ2n) is 10.0. The Morgan fingerprint density at radius 3 is 2.39 bits per heavy atom. The Kier molecular flexibility index (Phi) is 7.33. The third-order valence-corrected chi connectivity index (χ3v) is 7.17. The van der Waals surface area contributed by atoms with Crippen LogP contribution in [-0.4, -0.2) is 64.8 Å². The first kappa shape index (κ1) is 26.0. The van der Waals surface area contributed by atoms with Gasteiger partial charge < -0.3 is 15.1 Å². The first-order valence-electron chi connectivity index (χ1n) is 12.6. The van der Waals surface area contributed by atoms with Gasteiger partial charge in [-0.15, -0.1) is 0 Å². The quantitative estimate of drug-likeness (QED) is 0.625. The van der Waals surface area contributed by atoms with Gasteiger partial charge in [0.25, 0.3) is 5.91 Å². The van der Waals surface area contributed by atoms with Crippen LogP contribution in [0.5, 0.6) is 0 Å². The zero-order chi connectivity index (χ0) is 26.2. The molecule has 4 amide bonds. The molecule has 0 saturated carbocycles. The van der Waals surface area contributed by atoms with Gasteiger partial charge in [0.2, 0.25) is 5.91 Å². The maximum atomic E-state index is 13.9. The van der Waals surface area contributed by atoms with Gasteiger partial charge in [0, 0.05) is 19.6 Å². The molecule has 7 nitrogen and oxygen atoms in total. The van der Waals surface area contributed by atoms with Crippen molar-refractivity contribution in [1.82, 2.24) is 20.0 Å². The third-order valence-electron chi connectivity index (χ3n) is 7.17. The fraction of sp³-hybridized carbons (Fsp3) is 0.577. The van der Waals surface area contributed by atoms with Crippen molar-refractivity contribution in [3.05, 3.63) is 46.7 Å². The van der Waals surface area contributed by atoms with E-state index in [0.717, 1.165) is 25.3 Å². The zero-order valence-corrected chi connectivity index (χ0v) is 20.9. The Morgan fingerprint density at radius 1 is 1.11 bits per heavy atom.